The molecule has 116 valence electrons. The summed E-state index contributed by atoms with van der Waals surface area (Å²) >= 11 is 5.70. The summed E-state index contributed by atoms with van der Waals surface area (Å²) in [7, 11) is 0. The summed E-state index contributed by atoms with van der Waals surface area (Å²) in [5, 5.41) is 25.1. The molecule has 7 nitrogen and oxygen atoms in total. The van der Waals surface area contributed by atoms with Gasteiger partial charge in [0.15, 0.2) is 0 Å². The Morgan fingerprint density at radius 2 is 2.27 bits per heavy atom. The minimum Gasteiger partial charge on any atom is -0.360 e. The molecule has 1 rings (SSSR count). The van der Waals surface area contributed by atoms with E-state index in [9.17, 15) is 14.9 Å². The van der Waals surface area contributed by atoms with Crippen molar-refractivity contribution in [2.45, 2.75) is 26.3 Å². The van der Waals surface area contributed by atoms with E-state index < -0.39 is 10.8 Å². The molecule has 0 spiro atoms. The lowest BCUT2D eigenvalue weighted by atomic mass is 10.2. The first-order valence-corrected chi connectivity index (χ1v) is 6.88. The minimum absolute atomic E-state index is 0.00884. The number of rotatable bonds is 6. The van der Waals surface area contributed by atoms with E-state index in [1.54, 1.807) is 6.07 Å². The van der Waals surface area contributed by atoms with Gasteiger partial charge in [-0.3, -0.25) is 14.9 Å². The van der Waals surface area contributed by atoms with Crippen molar-refractivity contribution in [3.63, 3.8) is 0 Å². The van der Waals surface area contributed by atoms with Crippen molar-refractivity contribution in [1.82, 2.24) is 5.32 Å². The average Bonchev–Trinajstić information content (AvgIpc) is 2.48. The summed E-state index contributed by atoms with van der Waals surface area (Å²) in [4.78, 5) is 22.0. The van der Waals surface area contributed by atoms with Crippen molar-refractivity contribution < 1.29 is 9.72 Å². The monoisotopic (exact) mass is 322 g/mol. The fraction of sp³-hybridized carbons (Fsp3) is 0.286. The van der Waals surface area contributed by atoms with Crippen LogP contribution in [0.4, 0.5) is 11.4 Å². The summed E-state index contributed by atoms with van der Waals surface area (Å²) < 4.78 is 0. The van der Waals surface area contributed by atoms with E-state index in [2.05, 4.69) is 10.6 Å². The molecule has 0 saturated carbocycles. The van der Waals surface area contributed by atoms with Crippen LogP contribution < -0.4 is 10.6 Å². The zero-order chi connectivity index (χ0) is 16.7. The Morgan fingerprint density at radius 3 is 2.82 bits per heavy atom. The van der Waals surface area contributed by atoms with Crippen LogP contribution in [0, 0.1) is 21.4 Å². The maximum Gasteiger partial charge on any atom is 0.289 e. The average molecular weight is 323 g/mol. The van der Waals surface area contributed by atoms with E-state index in [4.69, 9.17) is 16.9 Å². The summed E-state index contributed by atoms with van der Waals surface area (Å²) in [5.74, 6) is -0.507. The molecule has 1 atom stereocenters. The van der Waals surface area contributed by atoms with E-state index >= 15 is 0 Å². The fourth-order valence-corrected chi connectivity index (χ4v) is 1.64. The number of nitrogens with zero attached hydrogens (tertiary/aromatic N) is 2. The van der Waals surface area contributed by atoms with Crippen LogP contribution in [-0.2, 0) is 4.79 Å². The van der Waals surface area contributed by atoms with Crippen molar-refractivity contribution in [1.29, 1.82) is 5.26 Å². The number of nitro groups is 1. The molecule has 0 bridgehead atoms. The third-order valence-electron chi connectivity index (χ3n) is 2.88. The van der Waals surface area contributed by atoms with Gasteiger partial charge in [0.25, 0.3) is 11.6 Å². The summed E-state index contributed by atoms with van der Waals surface area (Å²) in [6, 6.07) is 5.81. The number of carbonyl (C=O) groups is 1. The van der Waals surface area contributed by atoms with Gasteiger partial charge in [-0.2, -0.15) is 5.26 Å². The lowest BCUT2D eigenvalue weighted by Gasteiger charge is -2.10. The Morgan fingerprint density at radius 1 is 1.59 bits per heavy atom. The molecular formula is C14H15ClN4O3. The molecule has 0 radical (unpaired) electrons. The summed E-state index contributed by atoms with van der Waals surface area (Å²) in [6.45, 7) is 3.73. The van der Waals surface area contributed by atoms with Gasteiger partial charge in [0.2, 0.25) is 0 Å². The van der Waals surface area contributed by atoms with Crippen LogP contribution in [0.3, 0.4) is 0 Å². The molecule has 22 heavy (non-hydrogen) atoms. The number of anilines is 1. The Balaban J connectivity index is 2.89. The molecule has 1 amide bonds. The standard InChI is InChI=1S/C14H15ClN4O3/c1-3-9(2)18-14(20)10(7-16)8-17-11-4-5-12(15)13(6-11)19(21)22/h4-6,8-9,17H,3H2,1-2H3,(H,18,20)/b10-8-. The van der Waals surface area contributed by atoms with Gasteiger partial charge in [-0.1, -0.05) is 18.5 Å². The molecule has 1 unspecified atom stereocenters. The second-order valence-corrected chi connectivity index (χ2v) is 4.93. The zero-order valence-electron chi connectivity index (χ0n) is 12.1. The van der Waals surface area contributed by atoms with Crippen LogP contribution in [0.25, 0.3) is 0 Å². The third-order valence-corrected chi connectivity index (χ3v) is 3.20. The first-order chi connectivity index (χ1) is 10.4. The quantitative estimate of drug-likeness (QED) is 0.362. The second kappa shape index (κ2) is 8.00. The van der Waals surface area contributed by atoms with Gasteiger partial charge in [0.05, 0.1) is 4.92 Å². The van der Waals surface area contributed by atoms with E-state index in [0.29, 0.717) is 5.69 Å². The molecule has 0 heterocycles. The molecule has 0 aliphatic heterocycles. The van der Waals surface area contributed by atoms with Crippen molar-refractivity contribution >= 4 is 28.9 Å². The van der Waals surface area contributed by atoms with Crippen LogP contribution in [0.15, 0.2) is 30.0 Å². The van der Waals surface area contributed by atoms with E-state index in [-0.39, 0.29) is 22.3 Å². The number of carbonyl (C=O) groups excluding carboxylic acids is 1. The summed E-state index contributed by atoms with van der Waals surface area (Å²) in [5.41, 5.74) is -0.0410. The van der Waals surface area contributed by atoms with Gasteiger partial charge in [0, 0.05) is 24.0 Å². The number of benzene rings is 1. The number of nitriles is 1. The Hall–Kier alpha value is -2.59. The molecule has 0 aliphatic rings. The second-order valence-electron chi connectivity index (χ2n) is 4.52. The predicted molar refractivity (Wildman–Crippen MR) is 83.3 cm³/mol. The van der Waals surface area contributed by atoms with Crippen molar-refractivity contribution in [3.8, 4) is 6.07 Å². The van der Waals surface area contributed by atoms with Crippen LogP contribution in [0.2, 0.25) is 5.02 Å². The number of amides is 1. The molecule has 1 aromatic carbocycles. The maximum atomic E-state index is 11.8. The number of halogens is 1. The van der Waals surface area contributed by atoms with Gasteiger partial charge in [-0.25, -0.2) is 0 Å². The highest BCUT2D eigenvalue weighted by atomic mass is 35.5. The Kier molecular flexibility index (Phi) is 6.35. The fourth-order valence-electron chi connectivity index (χ4n) is 1.45. The largest absolute Gasteiger partial charge is 0.360 e. The lowest BCUT2D eigenvalue weighted by Crippen LogP contribution is -2.33. The van der Waals surface area contributed by atoms with Gasteiger partial charge in [-0.05, 0) is 25.5 Å². The van der Waals surface area contributed by atoms with Crippen LogP contribution >= 0.6 is 11.6 Å². The van der Waals surface area contributed by atoms with Gasteiger partial charge in [0.1, 0.15) is 16.7 Å². The van der Waals surface area contributed by atoms with Gasteiger partial charge in [-0.15, -0.1) is 0 Å². The SMILES string of the molecule is CCC(C)NC(=O)/C(C#N)=C\Nc1ccc(Cl)c([N+](=O)[O-])c1. The van der Waals surface area contributed by atoms with Crippen molar-refractivity contribution in [2.24, 2.45) is 0 Å². The van der Waals surface area contributed by atoms with E-state index in [0.717, 1.165) is 6.42 Å². The Bertz CT molecular complexity index is 652. The number of hydrogen-bond donors (Lipinski definition) is 2. The number of hydrogen-bond acceptors (Lipinski definition) is 5. The topological polar surface area (TPSA) is 108 Å². The highest BCUT2D eigenvalue weighted by molar-refractivity contribution is 6.32. The first-order valence-electron chi connectivity index (χ1n) is 6.50. The normalized spacial score (nSPS) is 12.2. The summed E-state index contributed by atoms with van der Waals surface area (Å²) in [6.07, 6.45) is 1.94. The lowest BCUT2D eigenvalue weighted by molar-refractivity contribution is -0.384. The zero-order valence-corrected chi connectivity index (χ0v) is 12.8. The molecule has 2 N–H and O–H groups in total. The van der Waals surface area contributed by atoms with Crippen LogP contribution in [0.1, 0.15) is 20.3 Å². The Labute approximate surface area is 132 Å². The first kappa shape index (κ1) is 17.5. The van der Waals surface area contributed by atoms with E-state index in [1.165, 1.54) is 24.4 Å². The highest BCUT2D eigenvalue weighted by Gasteiger charge is 2.14. The molecule has 0 fully saturated rings. The van der Waals surface area contributed by atoms with Crippen LogP contribution in [-0.4, -0.2) is 16.9 Å². The molecule has 0 aromatic heterocycles. The molecule has 1 aromatic rings. The molecular weight excluding hydrogens is 308 g/mol. The van der Waals surface area contributed by atoms with Crippen molar-refractivity contribution in [2.75, 3.05) is 5.32 Å². The molecule has 8 heteroatoms. The number of nitro benzene ring substituents is 1. The molecule has 0 saturated heterocycles. The van der Waals surface area contributed by atoms with Gasteiger partial charge >= 0.3 is 0 Å². The predicted octanol–water partition coefficient (Wildman–Crippen LogP) is 2.98. The van der Waals surface area contributed by atoms with Crippen LogP contribution in [0.5, 0.6) is 0 Å². The smallest absolute Gasteiger partial charge is 0.289 e. The third kappa shape index (κ3) is 4.75. The van der Waals surface area contributed by atoms with E-state index in [1.807, 2.05) is 13.8 Å². The minimum atomic E-state index is -0.613. The number of nitrogens with one attached hydrogen (secondary N) is 2. The van der Waals surface area contributed by atoms with Crippen molar-refractivity contribution in [3.05, 3.63) is 45.1 Å². The molecule has 0 aliphatic carbocycles. The maximum absolute atomic E-state index is 11.8. The highest BCUT2D eigenvalue weighted by Crippen LogP contribution is 2.27. The van der Waals surface area contributed by atoms with Gasteiger partial charge < -0.3 is 10.6 Å².